The first-order valence-electron chi connectivity index (χ1n) is 10.1. The minimum absolute atomic E-state index is 0.0573. The molecule has 6 heteroatoms. The van der Waals surface area contributed by atoms with Gasteiger partial charge < -0.3 is 19.6 Å². The van der Waals surface area contributed by atoms with Gasteiger partial charge in [-0.1, -0.05) is 43.0 Å². The average molecular weight is 405 g/mol. The molecule has 2 heterocycles. The standard InChI is InChI=1S/C24H28N4O2/c1-16-22-21(23(26-25-22)17-9-6-5-7-10-17)24(28(16)14-8-13-27(2)3)18-11-12-19(29)20(15-18)30-4/h5-7,9-12,15,24,29H,1,8,13-14H2,2-4H3,(H,25,26). The Kier molecular flexibility index (Phi) is 5.50. The van der Waals surface area contributed by atoms with Crippen molar-refractivity contribution in [2.45, 2.75) is 12.5 Å². The fourth-order valence-corrected chi connectivity index (χ4v) is 4.14. The average Bonchev–Trinajstić information content (AvgIpc) is 3.28. The summed E-state index contributed by atoms with van der Waals surface area (Å²) in [6, 6.07) is 15.7. The highest BCUT2D eigenvalue weighted by atomic mass is 16.5. The first-order valence-corrected chi connectivity index (χ1v) is 10.1. The SMILES string of the molecule is C=C1c2[nH]nc(-c3ccccc3)c2C(c2ccc(O)c(OC)c2)N1CCCN(C)C. The van der Waals surface area contributed by atoms with Crippen molar-refractivity contribution in [1.82, 2.24) is 20.0 Å². The van der Waals surface area contributed by atoms with Gasteiger partial charge in [0.1, 0.15) is 0 Å². The second kappa shape index (κ2) is 8.24. The molecule has 0 radical (unpaired) electrons. The van der Waals surface area contributed by atoms with E-state index in [9.17, 15) is 5.11 Å². The molecule has 1 aromatic heterocycles. The Balaban J connectivity index is 1.81. The summed E-state index contributed by atoms with van der Waals surface area (Å²) in [6.45, 7) is 6.23. The molecule has 156 valence electrons. The molecule has 3 aromatic rings. The van der Waals surface area contributed by atoms with Gasteiger partial charge in [0.15, 0.2) is 11.5 Å². The van der Waals surface area contributed by atoms with E-state index < -0.39 is 0 Å². The van der Waals surface area contributed by atoms with Crippen LogP contribution < -0.4 is 4.74 Å². The van der Waals surface area contributed by atoms with Gasteiger partial charge in [-0.15, -0.1) is 0 Å². The fourth-order valence-electron chi connectivity index (χ4n) is 4.14. The largest absolute Gasteiger partial charge is 0.504 e. The number of aromatic amines is 1. The molecule has 4 rings (SSSR count). The zero-order valence-electron chi connectivity index (χ0n) is 17.7. The van der Waals surface area contributed by atoms with Crippen LogP contribution in [0.15, 0.2) is 55.1 Å². The quantitative estimate of drug-likeness (QED) is 0.620. The molecule has 0 bridgehead atoms. The second-order valence-electron chi connectivity index (χ2n) is 7.86. The first-order chi connectivity index (χ1) is 14.5. The number of benzene rings is 2. The molecule has 1 atom stereocenters. The lowest BCUT2D eigenvalue weighted by molar-refractivity contribution is 0.313. The third kappa shape index (κ3) is 3.55. The van der Waals surface area contributed by atoms with Crippen molar-refractivity contribution >= 4 is 5.70 Å². The van der Waals surface area contributed by atoms with Crippen LogP contribution in [-0.4, -0.2) is 59.4 Å². The Bertz CT molecular complexity index is 1040. The summed E-state index contributed by atoms with van der Waals surface area (Å²) < 4.78 is 5.38. The van der Waals surface area contributed by atoms with Crippen LogP contribution in [0, 0.1) is 0 Å². The van der Waals surface area contributed by atoms with Gasteiger partial charge in [-0.05, 0) is 44.8 Å². The number of aromatic nitrogens is 2. The predicted molar refractivity (Wildman–Crippen MR) is 119 cm³/mol. The van der Waals surface area contributed by atoms with E-state index in [1.165, 1.54) is 0 Å². The number of hydrogen-bond donors (Lipinski definition) is 2. The maximum atomic E-state index is 10.1. The number of phenolic OH excluding ortho intramolecular Hbond substituents is 1. The lowest BCUT2D eigenvalue weighted by Gasteiger charge is -2.29. The van der Waals surface area contributed by atoms with E-state index in [-0.39, 0.29) is 11.8 Å². The van der Waals surface area contributed by atoms with Crippen molar-refractivity contribution in [3.8, 4) is 22.8 Å². The molecule has 6 nitrogen and oxygen atoms in total. The van der Waals surface area contributed by atoms with Crippen LogP contribution >= 0.6 is 0 Å². The van der Waals surface area contributed by atoms with Gasteiger partial charge in [0, 0.05) is 17.7 Å². The van der Waals surface area contributed by atoms with Gasteiger partial charge in [0.2, 0.25) is 0 Å². The Morgan fingerprint density at radius 3 is 2.67 bits per heavy atom. The highest BCUT2D eigenvalue weighted by Gasteiger charge is 2.38. The lowest BCUT2D eigenvalue weighted by atomic mass is 9.95. The molecule has 0 aliphatic carbocycles. The topological polar surface area (TPSA) is 64.6 Å². The summed E-state index contributed by atoms with van der Waals surface area (Å²) in [5.74, 6) is 0.595. The molecular formula is C24H28N4O2. The van der Waals surface area contributed by atoms with E-state index in [2.05, 4.69) is 52.8 Å². The van der Waals surface area contributed by atoms with Crippen LogP contribution in [0.3, 0.4) is 0 Å². The normalized spacial score (nSPS) is 15.7. The van der Waals surface area contributed by atoms with Gasteiger partial charge in [0.25, 0.3) is 0 Å². The van der Waals surface area contributed by atoms with E-state index in [4.69, 9.17) is 4.74 Å². The zero-order valence-corrected chi connectivity index (χ0v) is 17.7. The monoisotopic (exact) mass is 404 g/mol. The molecule has 0 fully saturated rings. The maximum Gasteiger partial charge on any atom is 0.160 e. The minimum atomic E-state index is -0.0573. The van der Waals surface area contributed by atoms with Crippen molar-refractivity contribution in [1.29, 1.82) is 0 Å². The van der Waals surface area contributed by atoms with Crippen molar-refractivity contribution in [2.75, 3.05) is 34.3 Å². The number of ether oxygens (including phenoxy) is 1. The van der Waals surface area contributed by atoms with Crippen molar-refractivity contribution in [3.63, 3.8) is 0 Å². The van der Waals surface area contributed by atoms with Crippen molar-refractivity contribution in [2.24, 2.45) is 0 Å². The number of nitrogens with zero attached hydrogens (tertiary/aromatic N) is 3. The molecule has 1 aliphatic heterocycles. The Hall–Kier alpha value is -3.25. The maximum absolute atomic E-state index is 10.1. The summed E-state index contributed by atoms with van der Waals surface area (Å²) >= 11 is 0. The third-order valence-electron chi connectivity index (χ3n) is 5.60. The van der Waals surface area contributed by atoms with Gasteiger partial charge in [-0.3, -0.25) is 5.10 Å². The third-order valence-corrected chi connectivity index (χ3v) is 5.60. The Morgan fingerprint density at radius 1 is 1.20 bits per heavy atom. The second-order valence-corrected chi connectivity index (χ2v) is 7.86. The van der Waals surface area contributed by atoms with Crippen molar-refractivity contribution < 1.29 is 9.84 Å². The lowest BCUT2D eigenvalue weighted by Crippen LogP contribution is -2.26. The number of aromatic hydroxyl groups is 1. The number of nitrogens with one attached hydrogen (secondary N) is 1. The Labute approximate surface area is 177 Å². The molecule has 1 aliphatic rings. The van der Waals surface area contributed by atoms with Gasteiger partial charge in [-0.2, -0.15) is 5.10 Å². The van der Waals surface area contributed by atoms with Crippen LogP contribution in [0.5, 0.6) is 11.5 Å². The highest BCUT2D eigenvalue weighted by Crippen LogP contribution is 2.48. The zero-order chi connectivity index (χ0) is 21.3. The molecule has 2 aromatic carbocycles. The summed E-state index contributed by atoms with van der Waals surface area (Å²) in [7, 11) is 5.74. The number of H-pyrrole nitrogens is 1. The van der Waals surface area contributed by atoms with Crippen LogP contribution in [0.2, 0.25) is 0 Å². The van der Waals surface area contributed by atoms with E-state index in [0.29, 0.717) is 5.75 Å². The van der Waals surface area contributed by atoms with E-state index in [1.54, 1.807) is 13.2 Å². The summed E-state index contributed by atoms with van der Waals surface area (Å²) in [6.07, 6.45) is 1.01. The minimum Gasteiger partial charge on any atom is -0.504 e. The molecule has 0 spiro atoms. The molecule has 0 saturated carbocycles. The van der Waals surface area contributed by atoms with Crippen LogP contribution in [-0.2, 0) is 0 Å². The number of methoxy groups -OCH3 is 1. The predicted octanol–water partition coefficient (Wildman–Crippen LogP) is 4.12. The van der Waals surface area contributed by atoms with Crippen LogP contribution in [0.1, 0.15) is 29.3 Å². The Morgan fingerprint density at radius 2 is 1.97 bits per heavy atom. The van der Waals surface area contributed by atoms with E-state index in [1.807, 2.05) is 30.3 Å². The van der Waals surface area contributed by atoms with Gasteiger partial charge in [-0.25, -0.2) is 0 Å². The highest BCUT2D eigenvalue weighted by molar-refractivity contribution is 5.78. The summed E-state index contributed by atoms with van der Waals surface area (Å²) in [4.78, 5) is 4.51. The summed E-state index contributed by atoms with van der Waals surface area (Å²) in [5, 5.41) is 18.0. The first kappa shape index (κ1) is 20.0. The fraction of sp³-hybridized carbons (Fsp3) is 0.292. The van der Waals surface area contributed by atoms with E-state index in [0.717, 1.165) is 53.3 Å². The van der Waals surface area contributed by atoms with Gasteiger partial charge in [0.05, 0.1) is 30.2 Å². The molecule has 1 unspecified atom stereocenters. The molecular weight excluding hydrogens is 376 g/mol. The molecule has 30 heavy (non-hydrogen) atoms. The molecule has 0 amide bonds. The van der Waals surface area contributed by atoms with Crippen LogP contribution in [0.25, 0.3) is 17.0 Å². The van der Waals surface area contributed by atoms with Crippen molar-refractivity contribution in [3.05, 3.63) is 71.9 Å². The summed E-state index contributed by atoms with van der Waals surface area (Å²) in [5.41, 5.74) is 6.05. The van der Waals surface area contributed by atoms with E-state index >= 15 is 0 Å². The number of fused-ring (bicyclic) bond motifs is 1. The number of hydrogen-bond acceptors (Lipinski definition) is 5. The number of rotatable bonds is 7. The number of phenols is 1. The molecule has 0 saturated heterocycles. The van der Waals surface area contributed by atoms with Crippen LogP contribution in [0.4, 0.5) is 0 Å². The molecule has 2 N–H and O–H groups in total. The smallest absolute Gasteiger partial charge is 0.160 e. The van der Waals surface area contributed by atoms with Gasteiger partial charge >= 0.3 is 0 Å².